The molecule has 1 fully saturated rings. The van der Waals surface area contributed by atoms with Gasteiger partial charge in [-0.25, -0.2) is 9.37 Å². The van der Waals surface area contributed by atoms with E-state index in [1.807, 2.05) is 0 Å². The molecule has 1 amide bonds. The number of H-pyrrole nitrogens is 1. The number of imidazole rings is 1. The summed E-state index contributed by atoms with van der Waals surface area (Å²) >= 11 is 0. The summed E-state index contributed by atoms with van der Waals surface area (Å²) in [5.74, 6) is 0.124. The molecule has 0 radical (unpaired) electrons. The number of hydrogen-bond donors (Lipinski definition) is 1. The predicted octanol–water partition coefficient (Wildman–Crippen LogP) is 1.79. The molecule has 1 aliphatic heterocycles. The molecule has 1 N–H and O–H groups in total. The number of benzene rings is 1. The second kappa shape index (κ2) is 7.00. The molecule has 2 heterocycles. The topological polar surface area (TPSA) is 67.5 Å². The van der Waals surface area contributed by atoms with Crippen LogP contribution in [0.3, 0.4) is 0 Å². The summed E-state index contributed by atoms with van der Waals surface area (Å²) in [6.45, 7) is 1.32. The van der Waals surface area contributed by atoms with E-state index in [2.05, 4.69) is 9.97 Å². The monoisotopic (exact) mass is 333 g/mol. The van der Waals surface area contributed by atoms with Gasteiger partial charge in [-0.15, -0.1) is 0 Å². The second-order valence-electron chi connectivity index (χ2n) is 5.95. The van der Waals surface area contributed by atoms with Gasteiger partial charge in [0.25, 0.3) is 0 Å². The summed E-state index contributed by atoms with van der Waals surface area (Å²) in [4.78, 5) is 21.0. The maximum absolute atomic E-state index is 13.2. The molecule has 1 aromatic carbocycles. The van der Waals surface area contributed by atoms with Gasteiger partial charge in [-0.3, -0.25) is 4.79 Å². The van der Waals surface area contributed by atoms with E-state index in [1.165, 1.54) is 12.1 Å². The minimum absolute atomic E-state index is 0.0175. The molecule has 1 aliphatic rings. The number of halogens is 1. The van der Waals surface area contributed by atoms with Crippen LogP contribution in [0.2, 0.25) is 0 Å². The highest BCUT2D eigenvalue weighted by Gasteiger charge is 2.41. The van der Waals surface area contributed by atoms with E-state index in [-0.39, 0.29) is 24.8 Å². The van der Waals surface area contributed by atoms with E-state index in [0.717, 1.165) is 5.69 Å². The van der Waals surface area contributed by atoms with Crippen LogP contribution >= 0.6 is 0 Å². The van der Waals surface area contributed by atoms with Crippen LogP contribution in [0, 0.1) is 5.82 Å². The predicted molar refractivity (Wildman–Crippen MR) is 85.1 cm³/mol. The SMILES string of the molecule is CO[C@@]1(COc2cccc(F)c2)CCN(C(=O)Cc2cnc[nH]2)C1. The van der Waals surface area contributed by atoms with Crippen molar-refractivity contribution in [1.29, 1.82) is 0 Å². The lowest BCUT2D eigenvalue weighted by Gasteiger charge is -2.27. The van der Waals surface area contributed by atoms with Crippen LogP contribution in [0.1, 0.15) is 12.1 Å². The average Bonchev–Trinajstić information content (AvgIpc) is 3.23. The molecule has 1 aromatic heterocycles. The molecular formula is C17H20FN3O3. The molecule has 0 spiro atoms. The van der Waals surface area contributed by atoms with Crippen molar-refractivity contribution >= 4 is 5.91 Å². The van der Waals surface area contributed by atoms with Crippen molar-refractivity contribution in [2.75, 3.05) is 26.8 Å². The number of aromatic nitrogens is 2. The van der Waals surface area contributed by atoms with Crippen LogP contribution in [0.4, 0.5) is 4.39 Å². The van der Waals surface area contributed by atoms with Gasteiger partial charge in [0.1, 0.15) is 23.8 Å². The third kappa shape index (κ3) is 3.73. The molecule has 24 heavy (non-hydrogen) atoms. The number of aromatic amines is 1. The number of methoxy groups -OCH3 is 1. The van der Waals surface area contributed by atoms with Crippen molar-refractivity contribution in [1.82, 2.24) is 14.9 Å². The quantitative estimate of drug-likeness (QED) is 0.875. The van der Waals surface area contributed by atoms with Crippen LogP contribution in [-0.2, 0) is 16.0 Å². The maximum Gasteiger partial charge on any atom is 0.228 e. The Morgan fingerprint density at radius 3 is 3.08 bits per heavy atom. The number of carbonyl (C=O) groups is 1. The van der Waals surface area contributed by atoms with Gasteiger partial charge in [-0.1, -0.05) is 6.07 Å². The summed E-state index contributed by atoms with van der Waals surface area (Å²) in [6, 6.07) is 5.99. The number of nitrogens with one attached hydrogen (secondary N) is 1. The fourth-order valence-corrected chi connectivity index (χ4v) is 2.83. The number of carbonyl (C=O) groups excluding carboxylic acids is 1. The highest BCUT2D eigenvalue weighted by Crippen LogP contribution is 2.27. The van der Waals surface area contributed by atoms with E-state index in [9.17, 15) is 9.18 Å². The Bertz CT molecular complexity index is 692. The fourth-order valence-electron chi connectivity index (χ4n) is 2.83. The van der Waals surface area contributed by atoms with Crippen LogP contribution in [0.15, 0.2) is 36.8 Å². The van der Waals surface area contributed by atoms with Crippen LogP contribution in [0.25, 0.3) is 0 Å². The molecule has 128 valence electrons. The number of amides is 1. The van der Waals surface area contributed by atoms with E-state index < -0.39 is 5.60 Å². The van der Waals surface area contributed by atoms with E-state index >= 15 is 0 Å². The Morgan fingerprint density at radius 2 is 2.38 bits per heavy atom. The Morgan fingerprint density at radius 1 is 1.50 bits per heavy atom. The standard InChI is InChI=1S/C17H20FN3O3/c1-23-17(11-24-15-4-2-3-13(18)7-15)5-6-21(10-17)16(22)8-14-9-19-12-20-14/h2-4,7,9,12H,5-6,8,10-11H2,1H3,(H,19,20)/t17-/m0/s1. The molecule has 0 aliphatic carbocycles. The number of rotatable bonds is 6. The molecule has 2 aromatic rings. The highest BCUT2D eigenvalue weighted by molar-refractivity contribution is 5.78. The lowest BCUT2D eigenvalue weighted by Crippen LogP contribution is -2.42. The van der Waals surface area contributed by atoms with Crippen molar-refractivity contribution in [2.24, 2.45) is 0 Å². The minimum Gasteiger partial charge on any atom is -0.490 e. The first-order valence-electron chi connectivity index (χ1n) is 7.79. The summed E-state index contributed by atoms with van der Waals surface area (Å²) in [7, 11) is 1.61. The normalized spacial score (nSPS) is 20.3. The van der Waals surface area contributed by atoms with Gasteiger partial charge in [0.05, 0.1) is 19.3 Å². The molecule has 3 rings (SSSR count). The Balaban J connectivity index is 1.59. The van der Waals surface area contributed by atoms with E-state index in [0.29, 0.717) is 25.3 Å². The first-order chi connectivity index (χ1) is 11.6. The first-order valence-corrected chi connectivity index (χ1v) is 7.79. The molecule has 7 heteroatoms. The van der Waals surface area contributed by atoms with Gasteiger partial charge in [0, 0.05) is 31.6 Å². The lowest BCUT2D eigenvalue weighted by molar-refractivity contribution is -0.131. The van der Waals surface area contributed by atoms with Crippen molar-refractivity contribution in [3.05, 3.63) is 48.3 Å². The van der Waals surface area contributed by atoms with E-state index in [1.54, 1.807) is 36.7 Å². The van der Waals surface area contributed by atoms with Gasteiger partial charge < -0.3 is 19.4 Å². The van der Waals surface area contributed by atoms with Gasteiger partial charge in [-0.2, -0.15) is 0 Å². The van der Waals surface area contributed by atoms with Gasteiger partial charge in [0.15, 0.2) is 0 Å². The third-order valence-electron chi connectivity index (χ3n) is 4.30. The number of hydrogen-bond acceptors (Lipinski definition) is 4. The third-order valence-corrected chi connectivity index (χ3v) is 4.30. The van der Waals surface area contributed by atoms with Crippen LogP contribution in [-0.4, -0.2) is 53.2 Å². The molecule has 1 saturated heterocycles. The Hall–Kier alpha value is -2.41. The maximum atomic E-state index is 13.2. The fraction of sp³-hybridized carbons (Fsp3) is 0.412. The summed E-state index contributed by atoms with van der Waals surface area (Å²) in [5, 5.41) is 0. The van der Waals surface area contributed by atoms with Crippen molar-refractivity contribution < 1.29 is 18.7 Å². The average molecular weight is 333 g/mol. The molecule has 0 bridgehead atoms. The largest absolute Gasteiger partial charge is 0.490 e. The number of likely N-dealkylation sites (tertiary alicyclic amines) is 1. The summed E-state index contributed by atoms with van der Waals surface area (Å²) in [6.07, 6.45) is 4.15. The zero-order valence-corrected chi connectivity index (χ0v) is 13.5. The summed E-state index contributed by atoms with van der Waals surface area (Å²) in [5.41, 5.74) is 0.210. The zero-order valence-electron chi connectivity index (χ0n) is 13.5. The number of nitrogens with zero attached hydrogens (tertiary/aromatic N) is 2. The van der Waals surface area contributed by atoms with Gasteiger partial charge in [-0.05, 0) is 18.6 Å². The van der Waals surface area contributed by atoms with Crippen LogP contribution < -0.4 is 4.74 Å². The van der Waals surface area contributed by atoms with Crippen molar-refractivity contribution in [3.8, 4) is 5.75 Å². The molecule has 1 atom stereocenters. The highest BCUT2D eigenvalue weighted by atomic mass is 19.1. The number of ether oxygens (including phenoxy) is 2. The Kier molecular flexibility index (Phi) is 4.80. The second-order valence-corrected chi connectivity index (χ2v) is 5.95. The molecule has 0 unspecified atom stereocenters. The van der Waals surface area contributed by atoms with Gasteiger partial charge in [0.2, 0.25) is 5.91 Å². The van der Waals surface area contributed by atoms with Crippen molar-refractivity contribution in [3.63, 3.8) is 0 Å². The molecule has 0 saturated carbocycles. The smallest absolute Gasteiger partial charge is 0.228 e. The van der Waals surface area contributed by atoms with E-state index in [4.69, 9.17) is 9.47 Å². The lowest BCUT2D eigenvalue weighted by atomic mass is 10.0. The molecular weight excluding hydrogens is 313 g/mol. The summed E-state index contributed by atoms with van der Waals surface area (Å²) < 4.78 is 24.5. The van der Waals surface area contributed by atoms with Crippen LogP contribution in [0.5, 0.6) is 5.75 Å². The van der Waals surface area contributed by atoms with Crippen molar-refractivity contribution in [2.45, 2.75) is 18.4 Å². The zero-order chi connectivity index (χ0) is 17.0. The Labute approximate surface area is 139 Å². The van der Waals surface area contributed by atoms with Gasteiger partial charge >= 0.3 is 0 Å². The molecule has 6 nitrogen and oxygen atoms in total. The first kappa shape index (κ1) is 16.4. The minimum atomic E-state index is -0.573.